The Morgan fingerprint density at radius 1 is 1.04 bits per heavy atom. The zero-order valence-corrected chi connectivity index (χ0v) is 16.5. The second-order valence-corrected chi connectivity index (χ2v) is 6.51. The predicted molar refractivity (Wildman–Crippen MR) is 111 cm³/mol. The molecule has 1 aliphatic heterocycles. The van der Waals surface area contributed by atoms with Gasteiger partial charge in [-0.15, -0.1) is 12.4 Å². The van der Waals surface area contributed by atoms with Crippen LogP contribution in [0.2, 0.25) is 0 Å². The van der Waals surface area contributed by atoms with Crippen LogP contribution in [0, 0.1) is 0 Å². The van der Waals surface area contributed by atoms with E-state index in [0.29, 0.717) is 19.1 Å². The molecule has 2 aromatic carbocycles. The first-order chi connectivity index (χ1) is 12.1. The summed E-state index contributed by atoms with van der Waals surface area (Å²) in [6.45, 7) is 1.24. The minimum atomic E-state index is -0.258. The van der Waals surface area contributed by atoms with E-state index in [1.54, 1.807) is 0 Å². The first-order valence-electron chi connectivity index (χ1n) is 8.01. The Hall–Kier alpha value is -2.25. The van der Waals surface area contributed by atoms with Crippen molar-refractivity contribution < 1.29 is 4.74 Å². The maximum Gasteiger partial charge on any atom is 0.220 e. The van der Waals surface area contributed by atoms with Crippen LogP contribution >= 0.6 is 28.3 Å². The summed E-state index contributed by atoms with van der Waals surface area (Å²) in [6, 6.07) is 17.7. The predicted octanol–water partition coefficient (Wildman–Crippen LogP) is 3.28. The van der Waals surface area contributed by atoms with Crippen molar-refractivity contribution in [1.29, 1.82) is 0 Å². The number of hydrogen-bond acceptors (Lipinski definition) is 6. The van der Waals surface area contributed by atoms with Gasteiger partial charge in [0.25, 0.3) is 0 Å². The van der Waals surface area contributed by atoms with E-state index in [2.05, 4.69) is 25.9 Å². The van der Waals surface area contributed by atoms with Crippen LogP contribution < -0.4 is 16.2 Å². The SMILES string of the molecule is Cl.NC1=NC(c2ccccc2)N(CCCOc2ccc(Br)cc2)C(N)=N1. The Morgan fingerprint density at radius 2 is 1.73 bits per heavy atom. The van der Waals surface area contributed by atoms with Crippen molar-refractivity contribution in [1.82, 2.24) is 4.90 Å². The van der Waals surface area contributed by atoms with Crippen LogP contribution in [-0.4, -0.2) is 30.0 Å². The minimum Gasteiger partial charge on any atom is -0.494 e. The summed E-state index contributed by atoms with van der Waals surface area (Å²) in [5, 5.41) is 0. The van der Waals surface area contributed by atoms with Gasteiger partial charge in [0.05, 0.1) is 6.61 Å². The Balaban J connectivity index is 0.00000243. The van der Waals surface area contributed by atoms with E-state index in [1.807, 2.05) is 59.5 Å². The summed E-state index contributed by atoms with van der Waals surface area (Å²) in [5.74, 6) is 1.42. The molecule has 3 rings (SSSR count). The number of benzene rings is 2. The van der Waals surface area contributed by atoms with Gasteiger partial charge in [0.15, 0.2) is 6.17 Å². The highest BCUT2D eigenvalue weighted by atomic mass is 79.9. The van der Waals surface area contributed by atoms with Crippen LogP contribution in [0.3, 0.4) is 0 Å². The van der Waals surface area contributed by atoms with Gasteiger partial charge in [0.2, 0.25) is 11.9 Å². The van der Waals surface area contributed by atoms with Crippen LogP contribution in [0.5, 0.6) is 5.75 Å². The van der Waals surface area contributed by atoms with Crippen molar-refractivity contribution in [2.75, 3.05) is 13.2 Å². The molecular formula is C18H21BrClN5O. The maximum absolute atomic E-state index is 6.08. The van der Waals surface area contributed by atoms with Crippen molar-refractivity contribution in [2.24, 2.45) is 21.5 Å². The smallest absolute Gasteiger partial charge is 0.220 e. The highest BCUT2D eigenvalue weighted by Gasteiger charge is 2.25. The van der Waals surface area contributed by atoms with Crippen LogP contribution in [0.4, 0.5) is 0 Å². The third-order valence-corrected chi connectivity index (χ3v) is 4.33. The first kappa shape index (κ1) is 20.1. The first-order valence-corrected chi connectivity index (χ1v) is 8.80. The lowest BCUT2D eigenvalue weighted by molar-refractivity contribution is 0.258. The van der Waals surface area contributed by atoms with Crippen LogP contribution in [0.25, 0.3) is 0 Å². The second-order valence-electron chi connectivity index (χ2n) is 5.59. The number of rotatable bonds is 6. The van der Waals surface area contributed by atoms with E-state index >= 15 is 0 Å². The summed E-state index contributed by atoms with van der Waals surface area (Å²) in [4.78, 5) is 10.5. The summed E-state index contributed by atoms with van der Waals surface area (Å²) in [6.07, 6.45) is 0.525. The Labute approximate surface area is 167 Å². The van der Waals surface area contributed by atoms with Gasteiger partial charge in [-0.25, -0.2) is 4.99 Å². The topological polar surface area (TPSA) is 89.2 Å². The fraction of sp³-hybridized carbons (Fsp3) is 0.222. The molecule has 1 heterocycles. The van der Waals surface area contributed by atoms with Gasteiger partial charge < -0.3 is 21.1 Å². The average molecular weight is 439 g/mol. The highest BCUT2D eigenvalue weighted by Crippen LogP contribution is 2.24. The van der Waals surface area contributed by atoms with Gasteiger partial charge in [-0.2, -0.15) is 4.99 Å². The number of nitrogens with two attached hydrogens (primary N) is 2. The fourth-order valence-electron chi connectivity index (χ4n) is 2.60. The third kappa shape index (κ3) is 5.12. The average Bonchev–Trinajstić information content (AvgIpc) is 2.62. The molecule has 138 valence electrons. The molecule has 0 radical (unpaired) electrons. The lowest BCUT2D eigenvalue weighted by atomic mass is 10.1. The summed E-state index contributed by atoms with van der Waals surface area (Å²) < 4.78 is 6.79. The van der Waals surface area contributed by atoms with Crippen LogP contribution in [-0.2, 0) is 0 Å². The Kier molecular flexibility index (Phi) is 7.29. The molecule has 0 saturated heterocycles. The minimum absolute atomic E-state index is 0. The number of aliphatic imine (C=N–C) groups is 2. The van der Waals surface area contributed by atoms with Crippen LogP contribution in [0.1, 0.15) is 18.2 Å². The highest BCUT2D eigenvalue weighted by molar-refractivity contribution is 9.10. The second kappa shape index (κ2) is 9.45. The molecule has 0 fully saturated rings. The summed E-state index contributed by atoms with van der Waals surface area (Å²) >= 11 is 3.41. The molecule has 0 spiro atoms. The van der Waals surface area contributed by atoms with Gasteiger partial charge in [0.1, 0.15) is 5.75 Å². The number of nitrogens with zero attached hydrogens (tertiary/aromatic N) is 3. The third-order valence-electron chi connectivity index (χ3n) is 3.80. The lowest BCUT2D eigenvalue weighted by Crippen LogP contribution is -2.44. The zero-order chi connectivity index (χ0) is 17.6. The van der Waals surface area contributed by atoms with Crippen molar-refractivity contribution >= 4 is 40.3 Å². The molecule has 1 aliphatic rings. The molecule has 0 bridgehead atoms. The summed E-state index contributed by atoms with van der Waals surface area (Å²) in [7, 11) is 0. The molecule has 0 saturated carbocycles. The largest absolute Gasteiger partial charge is 0.494 e. The zero-order valence-electron chi connectivity index (χ0n) is 14.1. The number of halogens is 2. The lowest BCUT2D eigenvalue weighted by Gasteiger charge is -2.32. The molecule has 6 nitrogen and oxygen atoms in total. The van der Waals surface area contributed by atoms with Crippen molar-refractivity contribution in [3.63, 3.8) is 0 Å². The molecule has 1 atom stereocenters. The van der Waals surface area contributed by atoms with E-state index < -0.39 is 0 Å². The number of hydrogen-bond donors (Lipinski definition) is 2. The molecule has 8 heteroatoms. The van der Waals surface area contributed by atoms with E-state index in [9.17, 15) is 0 Å². The summed E-state index contributed by atoms with van der Waals surface area (Å²) in [5.41, 5.74) is 12.9. The van der Waals surface area contributed by atoms with Crippen molar-refractivity contribution in [3.05, 3.63) is 64.6 Å². The van der Waals surface area contributed by atoms with Gasteiger partial charge in [-0.05, 0) is 36.2 Å². The standard InChI is InChI=1S/C18H20BrN5O.ClH/c19-14-7-9-15(10-8-14)25-12-4-11-24-16(13-5-2-1-3-6-13)22-17(20)23-18(24)21;/h1-3,5-10,16H,4,11-12H2,(H4,20,21,22,23);1H. The van der Waals surface area contributed by atoms with E-state index in [1.165, 1.54) is 0 Å². The molecule has 1 unspecified atom stereocenters. The molecule has 2 aromatic rings. The van der Waals surface area contributed by atoms with E-state index in [-0.39, 0.29) is 24.5 Å². The normalized spacial score (nSPS) is 16.3. The molecule has 0 aliphatic carbocycles. The van der Waals surface area contributed by atoms with Gasteiger partial charge in [-0.1, -0.05) is 46.3 Å². The Morgan fingerprint density at radius 3 is 2.42 bits per heavy atom. The van der Waals surface area contributed by atoms with E-state index in [0.717, 1.165) is 22.2 Å². The van der Waals surface area contributed by atoms with Gasteiger partial charge in [-0.3, -0.25) is 0 Å². The molecular weight excluding hydrogens is 418 g/mol. The molecule has 26 heavy (non-hydrogen) atoms. The monoisotopic (exact) mass is 437 g/mol. The van der Waals surface area contributed by atoms with Gasteiger partial charge >= 0.3 is 0 Å². The molecule has 4 N–H and O–H groups in total. The van der Waals surface area contributed by atoms with Crippen molar-refractivity contribution in [3.8, 4) is 5.75 Å². The fourth-order valence-corrected chi connectivity index (χ4v) is 2.87. The van der Waals surface area contributed by atoms with E-state index in [4.69, 9.17) is 16.2 Å². The van der Waals surface area contributed by atoms with Crippen LogP contribution in [0.15, 0.2) is 69.1 Å². The van der Waals surface area contributed by atoms with Crippen molar-refractivity contribution in [2.45, 2.75) is 12.6 Å². The maximum atomic E-state index is 6.08. The molecule has 0 aromatic heterocycles. The molecule has 0 amide bonds. The quantitative estimate of drug-likeness (QED) is 0.677. The number of ether oxygens (including phenoxy) is 1. The van der Waals surface area contributed by atoms with Gasteiger partial charge in [0, 0.05) is 11.0 Å². The Bertz CT molecular complexity index is 767. The number of guanidine groups is 2.